The highest BCUT2D eigenvalue weighted by molar-refractivity contribution is 8.67. The summed E-state index contributed by atoms with van der Waals surface area (Å²) in [6.45, 7) is 0. The molecular weight excluding hydrogens is 296 g/mol. The highest BCUT2D eigenvalue weighted by Gasteiger charge is 2.52. The molecule has 5 atom stereocenters. The fourth-order valence-electron chi connectivity index (χ4n) is 4.37. The van der Waals surface area contributed by atoms with Crippen molar-refractivity contribution >= 4 is 24.9 Å². The Kier molecular flexibility index (Phi) is 4.17. The predicted octanol–water partition coefficient (Wildman–Crippen LogP) is 2.36. The molecule has 1 N–H and O–H groups in total. The summed E-state index contributed by atoms with van der Waals surface area (Å²) in [7, 11) is -5.27. The lowest BCUT2D eigenvalue weighted by molar-refractivity contribution is -0.119. The van der Waals surface area contributed by atoms with Gasteiger partial charge in [0, 0.05) is 18.8 Å². The first-order valence-electron chi connectivity index (χ1n) is 7.65. The lowest BCUT2D eigenvalue weighted by Crippen LogP contribution is -2.41. The molecule has 3 aliphatic carbocycles. The minimum Gasteiger partial charge on any atom is -0.294 e. The summed E-state index contributed by atoms with van der Waals surface area (Å²) in [5, 5.41) is -0.433. The third-order valence-electron chi connectivity index (χ3n) is 5.35. The van der Waals surface area contributed by atoms with Gasteiger partial charge in [-0.05, 0) is 43.9 Å². The van der Waals surface area contributed by atoms with Crippen LogP contribution in [0.5, 0.6) is 0 Å². The molecule has 0 amide bonds. The molecule has 6 heteroatoms. The van der Waals surface area contributed by atoms with Crippen LogP contribution < -0.4 is 0 Å². The molecule has 0 radical (unpaired) electrons. The third-order valence-corrected chi connectivity index (χ3v) is 10.5. The normalized spacial score (nSPS) is 39.1. The largest absolute Gasteiger partial charge is 0.447 e. The summed E-state index contributed by atoms with van der Waals surface area (Å²) >= 11 is 0. The van der Waals surface area contributed by atoms with E-state index in [1.807, 2.05) is 0 Å². The van der Waals surface area contributed by atoms with Crippen LogP contribution in [0.15, 0.2) is 0 Å². The van der Waals surface area contributed by atoms with Crippen LogP contribution >= 0.6 is 0 Å². The summed E-state index contributed by atoms with van der Waals surface area (Å²) in [5.74, 6) is 2.39. The maximum Gasteiger partial charge on any atom is 0.447 e. The Hall–Kier alpha value is -0.0700. The van der Waals surface area contributed by atoms with Crippen molar-refractivity contribution in [2.75, 3.05) is 5.75 Å². The second-order valence-electron chi connectivity index (χ2n) is 6.61. The molecular formula is C14H23O4S2+. The number of carbonyl (C=O) groups excluding carboxylic acids is 1. The second kappa shape index (κ2) is 5.61. The minimum absolute atomic E-state index is 0.0559. The Balaban J connectivity index is 1.75. The average molecular weight is 319 g/mol. The van der Waals surface area contributed by atoms with E-state index in [4.69, 9.17) is 0 Å². The van der Waals surface area contributed by atoms with Crippen LogP contribution in [-0.4, -0.2) is 29.8 Å². The van der Waals surface area contributed by atoms with E-state index in [0.29, 0.717) is 30.4 Å². The van der Waals surface area contributed by atoms with Crippen molar-refractivity contribution in [2.45, 2.75) is 56.6 Å². The van der Waals surface area contributed by atoms with Gasteiger partial charge in [-0.15, -0.1) is 0 Å². The maximum absolute atomic E-state index is 12.0. The van der Waals surface area contributed by atoms with Crippen molar-refractivity contribution in [3.05, 3.63) is 0 Å². The Morgan fingerprint density at radius 1 is 1.15 bits per heavy atom. The van der Waals surface area contributed by atoms with Crippen LogP contribution in [0, 0.1) is 17.8 Å². The number of hydrogen-bond acceptors (Lipinski definition) is 3. The quantitative estimate of drug-likeness (QED) is 0.490. The first kappa shape index (κ1) is 14.9. The number of hydrogen-bond donors (Lipinski definition) is 1. The number of ketones is 1. The fraction of sp³-hybridized carbons (Fsp3) is 0.929. The van der Waals surface area contributed by atoms with Crippen LogP contribution in [0.25, 0.3) is 0 Å². The predicted molar refractivity (Wildman–Crippen MR) is 80.0 cm³/mol. The molecule has 4 nitrogen and oxygen atoms in total. The zero-order valence-corrected chi connectivity index (χ0v) is 13.3. The third kappa shape index (κ3) is 2.92. The zero-order chi connectivity index (χ0) is 14.3. The molecule has 0 aromatic rings. The monoisotopic (exact) mass is 319 g/mol. The van der Waals surface area contributed by atoms with Gasteiger partial charge in [-0.1, -0.05) is 6.42 Å². The molecule has 2 bridgehead atoms. The van der Waals surface area contributed by atoms with Gasteiger partial charge in [0.25, 0.3) is 0 Å². The molecule has 3 saturated carbocycles. The molecule has 3 rings (SSSR count). The van der Waals surface area contributed by atoms with Crippen molar-refractivity contribution in [1.82, 2.24) is 0 Å². The summed E-state index contributed by atoms with van der Waals surface area (Å²) in [6, 6.07) is 0. The van der Waals surface area contributed by atoms with E-state index in [1.165, 1.54) is 19.3 Å². The van der Waals surface area contributed by atoms with Gasteiger partial charge in [-0.3, -0.25) is 4.79 Å². The SMILES string of the molecule is O=C1CCCCC1[S+](CC1CC2CCC1C2)S(=O)(=O)O. The molecule has 0 heterocycles. The highest BCUT2D eigenvalue weighted by atomic mass is 33.2. The van der Waals surface area contributed by atoms with E-state index in [9.17, 15) is 17.8 Å². The van der Waals surface area contributed by atoms with Crippen molar-refractivity contribution in [3.63, 3.8) is 0 Å². The summed E-state index contributed by atoms with van der Waals surface area (Å²) in [6.07, 6.45) is 7.72. The summed E-state index contributed by atoms with van der Waals surface area (Å²) in [5.41, 5.74) is 0. The van der Waals surface area contributed by atoms with Gasteiger partial charge in [-0.2, -0.15) is 8.42 Å². The highest BCUT2D eigenvalue weighted by Crippen LogP contribution is 2.49. The van der Waals surface area contributed by atoms with E-state index < -0.39 is 24.3 Å². The van der Waals surface area contributed by atoms with Crippen LogP contribution in [0.3, 0.4) is 0 Å². The van der Waals surface area contributed by atoms with Crippen LogP contribution in [-0.2, 0) is 23.9 Å². The van der Waals surface area contributed by atoms with E-state index in [2.05, 4.69) is 0 Å². The molecule has 5 unspecified atom stereocenters. The van der Waals surface area contributed by atoms with E-state index in [1.54, 1.807) is 0 Å². The van der Waals surface area contributed by atoms with E-state index in [0.717, 1.165) is 25.2 Å². The fourth-order valence-corrected chi connectivity index (χ4v) is 9.27. The first-order valence-corrected chi connectivity index (χ1v) is 11.1. The van der Waals surface area contributed by atoms with Crippen molar-refractivity contribution < 1.29 is 17.8 Å². The summed E-state index contributed by atoms with van der Waals surface area (Å²) in [4.78, 5) is 12.0. The van der Waals surface area contributed by atoms with Gasteiger partial charge < -0.3 is 0 Å². The zero-order valence-electron chi connectivity index (χ0n) is 11.7. The van der Waals surface area contributed by atoms with Gasteiger partial charge in [0.1, 0.15) is 5.75 Å². The van der Waals surface area contributed by atoms with Gasteiger partial charge in [0.2, 0.25) is 0 Å². The van der Waals surface area contributed by atoms with Crippen LogP contribution in [0.2, 0.25) is 0 Å². The molecule has 0 spiro atoms. The topological polar surface area (TPSA) is 71.4 Å². The lowest BCUT2D eigenvalue weighted by atomic mass is 9.90. The molecule has 0 aliphatic heterocycles. The van der Waals surface area contributed by atoms with Crippen LogP contribution in [0.4, 0.5) is 0 Å². The maximum atomic E-state index is 12.0. The number of Topliss-reactive ketones (excluding diaryl/α,β-unsaturated/α-hetero) is 1. The lowest BCUT2D eigenvalue weighted by Gasteiger charge is -2.24. The van der Waals surface area contributed by atoms with E-state index >= 15 is 0 Å². The van der Waals surface area contributed by atoms with Gasteiger partial charge in [-0.25, -0.2) is 4.55 Å². The minimum atomic E-state index is -4.09. The Bertz CT molecular complexity index is 487. The van der Waals surface area contributed by atoms with E-state index in [-0.39, 0.29) is 5.78 Å². The molecule has 3 fully saturated rings. The van der Waals surface area contributed by atoms with Crippen molar-refractivity contribution in [3.8, 4) is 0 Å². The number of carbonyl (C=O) groups is 1. The van der Waals surface area contributed by atoms with Crippen LogP contribution in [0.1, 0.15) is 51.4 Å². The Morgan fingerprint density at radius 2 is 1.95 bits per heavy atom. The molecule has 3 aliphatic rings. The van der Waals surface area contributed by atoms with Crippen molar-refractivity contribution in [1.29, 1.82) is 0 Å². The molecule has 0 saturated heterocycles. The Morgan fingerprint density at radius 3 is 2.50 bits per heavy atom. The smallest absolute Gasteiger partial charge is 0.294 e. The standard InChI is InChI=1S/C14H22O4S2/c15-13-3-1-2-4-14(13)19(20(16,17)18)9-12-8-10-5-6-11(12)7-10/h10-12,14H,1-9H2/p+1. The second-order valence-corrected chi connectivity index (χ2v) is 11.7. The van der Waals surface area contributed by atoms with Gasteiger partial charge in [0.15, 0.2) is 21.0 Å². The number of rotatable bonds is 4. The molecule has 0 aromatic heterocycles. The molecule has 20 heavy (non-hydrogen) atoms. The van der Waals surface area contributed by atoms with Gasteiger partial charge in [0.05, 0.1) is 0 Å². The Labute approximate surface area is 123 Å². The average Bonchev–Trinajstić information content (AvgIpc) is 2.98. The molecule has 0 aromatic carbocycles. The molecule has 114 valence electrons. The summed E-state index contributed by atoms with van der Waals surface area (Å²) < 4.78 is 33.2. The first-order chi connectivity index (χ1) is 9.45. The number of fused-ring (bicyclic) bond motifs is 2. The van der Waals surface area contributed by atoms with Gasteiger partial charge >= 0.3 is 9.15 Å². The van der Waals surface area contributed by atoms with Crippen molar-refractivity contribution in [2.24, 2.45) is 17.8 Å².